The van der Waals surface area contributed by atoms with Crippen LogP contribution >= 0.6 is 0 Å². The molecule has 2 aromatic carbocycles. The third-order valence-corrected chi connectivity index (χ3v) is 5.81. The highest BCUT2D eigenvalue weighted by Crippen LogP contribution is 2.34. The van der Waals surface area contributed by atoms with Gasteiger partial charge in [0.1, 0.15) is 0 Å². The highest BCUT2D eigenvalue weighted by Gasteiger charge is 2.17. The number of fused-ring (bicyclic) bond motifs is 1. The fourth-order valence-corrected chi connectivity index (χ4v) is 4.10. The molecule has 5 nitrogen and oxygen atoms in total. The smallest absolute Gasteiger partial charge is 0.0991 e. The summed E-state index contributed by atoms with van der Waals surface area (Å²) in [6.45, 7) is 5.39. The van der Waals surface area contributed by atoms with Crippen molar-refractivity contribution in [1.29, 1.82) is 5.26 Å². The van der Waals surface area contributed by atoms with Gasteiger partial charge in [-0.15, -0.1) is 0 Å². The van der Waals surface area contributed by atoms with Crippen LogP contribution in [0.25, 0.3) is 33.4 Å². The van der Waals surface area contributed by atoms with E-state index in [1.807, 2.05) is 24.3 Å². The van der Waals surface area contributed by atoms with Crippen LogP contribution in [0.1, 0.15) is 11.1 Å². The van der Waals surface area contributed by atoms with Crippen LogP contribution in [0.4, 0.5) is 0 Å². The zero-order valence-corrected chi connectivity index (χ0v) is 17.5. The third kappa shape index (κ3) is 3.96. The molecule has 0 spiro atoms. The normalized spacial score (nSPS) is 16.3. The maximum atomic E-state index is 9.18. The zero-order chi connectivity index (χ0) is 21.2. The van der Waals surface area contributed by atoms with Gasteiger partial charge in [-0.2, -0.15) is 5.26 Å². The summed E-state index contributed by atoms with van der Waals surface area (Å²) in [7, 11) is 0. The Kier molecular flexibility index (Phi) is 5.25. The summed E-state index contributed by atoms with van der Waals surface area (Å²) < 4.78 is 8.14. The number of nitrogens with zero attached hydrogens (tertiary/aromatic N) is 3. The Morgan fingerprint density at radius 1 is 1.10 bits per heavy atom. The Labute approximate surface area is 181 Å². The quantitative estimate of drug-likeness (QED) is 0.539. The summed E-state index contributed by atoms with van der Waals surface area (Å²) in [5.41, 5.74) is 8.07. The molecule has 0 radical (unpaired) electrons. The van der Waals surface area contributed by atoms with Gasteiger partial charge in [0.05, 0.1) is 47.6 Å². The van der Waals surface area contributed by atoms with Crippen LogP contribution in [-0.4, -0.2) is 35.4 Å². The van der Waals surface area contributed by atoms with E-state index in [-0.39, 0.29) is 6.10 Å². The van der Waals surface area contributed by atoms with E-state index in [9.17, 15) is 5.26 Å². The van der Waals surface area contributed by atoms with Gasteiger partial charge in [-0.05, 0) is 36.8 Å². The molecule has 31 heavy (non-hydrogen) atoms. The second-order valence-electron chi connectivity index (χ2n) is 8.01. The van der Waals surface area contributed by atoms with Crippen LogP contribution in [0.5, 0.6) is 0 Å². The van der Waals surface area contributed by atoms with Crippen molar-refractivity contribution < 1.29 is 4.74 Å². The van der Waals surface area contributed by atoms with Crippen LogP contribution in [0.3, 0.4) is 0 Å². The molecule has 1 saturated heterocycles. The molecule has 5 rings (SSSR count). The first kappa shape index (κ1) is 19.5. The maximum Gasteiger partial charge on any atom is 0.0991 e. The molecule has 2 aromatic heterocycles. The van der Waals surface area contributed by atoms with Gasteiger partial charge in [0.25, 0.3) is 0 Å². The number of aryl methyl sites for hydroxylation is 1. The predicted molar refractivity (Wildman–Crippen MR) is 123 cm³/mol. The summed E-state index contributed by atoms with van der Waals surface area (Å²) in [4.78, 5) is 5.07. The molecule has 1 aliphatic heterocycles. The van der Waals surface area contributed by atoms with Gasteiger partial charge in [0, 0.05) is 30.4 Å². The fraction of sp³-hybridized carbons (Fsp3) is 0.231. The lowest BCUT2D eigenvalue weighted by Crippen LogP contribution is -2.40. The minimum atomic E-state index is 0.152. The standard InChI is InChI=1S/C26H24N4O/c1-18-2-6-21(7-3-18)26-23(20-8-4-19(15-27)5-9-20)14-25-24(29-26)10-12-30(25)17-22-16-28-11-13-31-22/h2-10,12,14,22,28H,11,13,16-17H2,1H3/t22-/m0/s1. The van der Waals surface area contributed by atoms with Crippen molar-refractivity contribution in [1.82, 2.24) is 14.9 Å². The number of pyridine rings is 1. The molecule has 1 N–H and O–H groups in total. The first-order valence-corrected chi connectivity index (χ1v) is 10.6. The summed E-state index contributed by atoms with van der Waals surface area (Å²) in [6, 6.07) is 22.7. The van der Waals surface area contributed by atoms with E-state index in [1.54, 1.807) is 0 Å². The minimum absolute atomic E-state index is 0.152. The van der Waals surface area contributed by atoms with Crippen molar-refractivity contribution >= 4 is 11.0 Å². The van der Waals surface area contributed by atoms with Crippen molar-refractivity contribution in [3.63, 3.8) is 0 Å². The van der Waals surface area contributed by atoms with Gasteiger partial charge < -0.3 is 14.6 Å². The molecule has 154 valence electrons. The number of aromatic nitrogens is 2. The molecule has 3 heterocycles. The maximum absolute atomic E-state index is 9.18. The highest BCUT2D eigenvalue weighted by atomic mass is 16.5. The molecule has 4 aromatic rings. The van der Waals surface area contributed by atoms with Crippen LogP contribution in [0.15, 0.2) is 66.9 Å². The summed E-state index contributed by atoms with van der Waals surface area (Å²) >= 11 is 0. The Bertz CT molecular complexity index is 1240. The molecule has 0 unspecified atom stereocenters. The number of rotatable bonds is 4. The monoisotopic (exact) mass is 408 g/mol. The number of ether oxygens (including phenoxy) is 1. The van der Waals surface area contributed by atoms with Crippen LogP contribution in [0, 0.1) is 18.3 Å². The second kappa shape index (κ2) is 8.35. The molecule has 0 saturated carbocycles. The predicted octanol–water partition coefficient (Wildman–Crippen LogP) is 4.54. The van der Waals surface area contributed by atoms with Gasteiger partial charge >= 0.3 is 0 Å². The largest absolute Gasteiger partial charge is 0.374 e. The van der Waals surface area contributed by atoms with Crippen molar-refractivity contribution in [3.8, 4) is 28.5 Å². The first-order valence-electron chi connectivity index (χ1n) is 10.6. The lowest BCUT2D eigenvalue weighted by molar-refractivity contribution is 0.0189. The SMILES string of the molecule is Cc1ccc(-c2nc3ccn(C[C@@H]4CNCCO4)c3cc2-c2ccc(C#N)cc2)cc1. The van der Waals surface area contributed by atoms with E-state index < -0.39 is 0 Å². The summed E-state index contributed by atoms with van der Waals surface area (Å²) in [6.07, 6.45) is 2.25. The number of morpholine rings is 1. The van der Waals surface area contributed by atoms with E-state index in [4.69, 9.17) is 9.72 Å². The lowest BCUT2D eigenvalue weighted by Gasteiger charge is -2.24. The average Bonchev–Trinajstić information content (AvgIpc) is 3.21. The Morgan fingerprint density at radius 2 is 1.87 bits per heavy atom. The molecule has 0 aliphatic carbocycles. The molecular formula is C26H24N4O. The van der Waals surface area contributed by atoms with Gasteiger partial charge in [-0.25, -0.2) is 4.98 Å². The Morgan fingerprint density at radius 3 is 2.58 bits per heavy atom. The van der Waals surface area contributed by atoms with E-state index >= 15 is 0 Å². The van der Waals surface area contributed by atoms with E-state index in [0.717, 1.165) is 59.7 Å². The lowest BCUT2D eigenvalue weighted by atomic mass is 9.97. The molecule has 1 atom stereocenters. The van der Waals surface area contributed by atoms with Crippen LogP contribution in [0.2, 0.25) is 0 Å². The second-order valence-corrected chi connectivity index (χ2v) is 8.01. The molecule has 1 fully saturated rings. The van der Waals surface area contributed by atoms with E-state index in [2.05, 4.69) is 65.5 Å². The Hall–Kier alpha value is -3.46. The fourth-order valence-electron chi connectivity index (χ4n) is 4.10. The highest BCUT2D eigenvalue weighted by molar-refractivity contribution is 5.90. The van der Waals surface area contributed by atoms with Crippen LogP contribution < -0.4 is 5.32 Å². The van der Waals surface area contributed by atoms with E-state index in [0.29, 0.717) is 5.56 Å². The van der Waals surface area contributed by atoms with Gasteiger partial charge in [0.2, 0.25) is 0 Å². The zero-order valence-electron chi connectivity index (χ0n) is 17.5. The third-order valence-electron chi connectivity index (χ3n) is 5.81. The van der Waals surface area contributed by atoms with Gasteiger partial charge in [0.15, 0.2) is 0 Å². The number of benzene rings is 2. The molecule has 0 bridgehead atoms. The van der Waals surface area contributed by atoms with Crippen molar-refractivity contribution in [2.24, 2.45) is 0 Å². The van der Waals surface area contributed by atoms with Crippen LogP contribution in [-0.2, 0) is 11.3 Å². The van der Waals surface area contributed by atoms with Crippen molar-refractivity contribution in [3.05, 3.63) is 78.0 Å². The Balaban J connectivity index is 1.63. The summed E-state index contributed by atoms with van der Waals surface area (Å²) in [5, 5.41) is 12.6. The van der Waals surface area contributed by atoms with Crippen molar-refractivity contribution in [2.75, 3.05) is 19.7 Å². The molecule has 0 amide bonds. The number of nitriles is 1. The van der Waals surface area contributed by atoms with Gasteiger partial charge in [-0.3, -0.25) is 0 Å². The number of nitrogens with one attached hydrogen (secondary N) is 1. The topological polar surface area (TPSA) is 62.9 Å². The number of hydrogen-bond donors (Lipinski definition) is 1. The van der Waals surface area contributed by atoms with Crippen molar-refractivity contribution in [2.45, 2.75) is 19.6 Å². The molecule has 5 heteroatoms. The number of hydrogen-bond acceptors (Lipinski definition) is 4. The molecular weight excluding hydrogens is 384 g/mol. The average molecular weight is 409 g/mol. The van der Waals surface area contributed by atoms with E-state index in [1.165, 1.54) is 5.56 Å². The first-order chi connectivity index (χ1) is 15.2. The molecule has 1 aliphatic rings. The minimum Gasteiger partial charge on any atom is -0.374 e. The summed E-state index contributed by atoms with van der Waals surface area (Å²) in [5.74, 6) is 0. The van der Waals surface area contributed by atoms with Gasteiger partial charge in [-0.1, -0.05) is 42.0 Å².